The lowest BCUT2D eigenvalue weighted by atomic mass is 10.0. The molecule has 3 aromatic carbocycles. The van der Waals surface area contributed by atoms with Crippen molar-refractivity contribution in [3.8, 4) is 0 Å². The van der Waals surface area contributed by atoms with Gasteiger partial charge in [0.2, 0.25) is 0 Å². The summed E-state index contributed by atoms with van der Waals surface area (Å²) in [5.74, 6) is -1.13. The maximum atomic E-state index is 12.4. The Morgan fingerprint density at radius 3 is 1.90 bits per heavy atom. The highest BCUT2D eigenvalue weighted by atomic mass is 16.5. The molecule has 0 aliphatic heterocycles. The zero-order chi connectivity index (χ0) is 20.6. The van der Waals surface area contributed by atoms with Crippen molar-refractivity contribution in [1.29, 1.82) is 0 Å². The number of hydrogen-bond donors (Lipinski definition) is 1. The molecule has 0 unspecified atom stereocenters. The largest absolute Gasteiger partial charge is 0.452 e. The van der Waals surface area contributed by atoms with Gasteiger partial charge >= 0.3 is 5.97 Å². The van der Waals surface area contributed by atoms with Gasteiger partial charge in [-0.1, -0.05) is 72.8 Å². The number of carbonyl (C=O) groups excluding carboxylic acids is 3. The number of hydrogen-bond acceptors (Lipinski definition) is 4. The van der Waals surface area contributed by atoms with Crippen LogP contribution in [0.1, 0.15) is 44.8 Å². The Balaban J connectivity index is 1.53. The Kier molecular flexibility index (Phi) is 6.53. The van der Waals surface area contributed by atoms with Crippen molar-refractivity contribution in [2.45, 2.75) is 13.0 Å². The van der Waals surface area contributed by atoms with E-state index in [4.69, 9.17) is 4.74 Å². The van der Waals surface area contributed by atoms with Crippen molar-refractivity contribution in [2.24, 2.45) is 0 Å². The molecule has 146 valence electrons. The molecule has 1 atom stereocenters. The molecule has 0 bridgehead atoms. The predicted octanol–water partition coefficient (Wildman–Crippen LogP) is 3.95. The number of benzene rings is 3. The van der Waals surface area contributed by atoms with Crippen LogP contribution in [-0.2, 0) is 9.53 Å². The summed E-state index contributed by atoms with van der Waals surface area (Å²) in [4.78, 5) is 36.6. The van der Waals surface area contributed by atoms with Crippen LogP contribution in [-0.4, -0.2) is 24.3 Å². The maximum Gasteiger partial charge on any atom is 0.338 e. The van der Waals surface area contributed by atoms with Crippen molar-refractivity contribution < 1.29 is 19.1 Å². The fourth-order valence-corrected chi connectivity index (χ4v) is 2.84. The van der Waals surface area contributed by atoms with Gasteiger partial charge in [-0.15, -0.1) is 0 Å². The van der Waals surface area contributed by atoms with Gasteiger partial charge < -0.3 is 10.1 Å². The predicted molar refractivity (Wildman–Crippen MR) is 110 cm³/mol. The summed E-state index contributed by atoms with van der Waals surface area (Å²) in [5.41, 5.74) is 2.29. The number of amides is 1. The molecular formula is C24H21NO4. The van der Waals surface area contributed by atoms with Gasteiger partial charge in [-0.05, 0) is 24.6 Å². The van der Waals surface area contributed by atoms with E-state index in [0.29, 0.717) is 11.1 Å². The number of ether oxygens (including phenoxy) is 1. The van der Waals surface area contributed by atoms with Crippen molar-refractivity contribution >= 4 is 17.7 Å². The van der Waals surface area contributed by atoms with Crippen LogP contribution >= 0.6 is 0 Å². The summed E-state index contributed by atoms with van der Waals surface area (Å²) in [6.07, 6.45) is 0. The second kappa shape index (κ2) is 9.46. The van der Waals surface area contributed by atoms with E-state index < -0.39 is 5.97 Å². The summed E-state index contributed by atoms with van der Waals surface area (Å²) >= 11 is 0. The first kappa shape index (κ1) is 20.0. The molecule has 5 heteroatoms. The molecule has 0 heterocycles. The first-order chi connectivity index (χ1) is 14.0. The molecule has 1 N–H and O–H groups in total. The molecule has 3 aromatic rings. The van der Waals surface area contributed by atoms with E-state index in [9.17, 15) is 14.4 Å². The first-order valence-electron chi connectivity index (χ1n) is 9.26. The van der Waals surface area contributed by atoms with Gasteiger partial charge in [0, 0.05) is 11.1 Å². The Morgan fingerprint density at radius 1 is 0.759 bits per heavy atom. The van der Waals surface area contributed by atoms with Gasteiger partial charge in [-0.3, -0.25) is 9.59 Å². The molecule has 29 heavy (non-hydrogen) atoms. The lowest BCUT2D eigenvalue weighted by Gasteiger charge is -2.14. The minimum atomic E-state index is -0.619. The zero-order valence-electron chi connectivity index (χ0n) is 16.0. The smallest absolute Gasteiger partial charge is 0.338 e. The average Bonchev–Trinajstić information content (AvgIpc) is 2.78. The van der Waals surface area contributed by atoms with Gasteiger partial charge in [-0.2, -0.15) is 0 Å². The van der Waals surface area contributed by atoms with Crippen LogP contribution in [0.5, 0.6) is 0 Å². The van der Waals surface area contributed by atoms with E-state index in [2.05, 4.69) is 5.32 Å². The summed E-state index contributed by atoms with van der Waals surface area (Å²) in [6.45, 7) is 1.48. The van der Waals surface area contributed by atoms with Crippen molar-refractivity contribution in [2.75, 3.05) is 6.61 Å². The lowest BCUT2D eigenvalue weighted by Crippen LogP contribution is -2.31. The van der Waals surface area contributed by atoms with Gasteiger partial charge in [0.1, 0.15) is 0 Å². The Hall–Kier alpha value is -3.73. The molecule has 0 saturated carbocycles. The van der Waals surface area contributed by atoms with Crippen LogP contribution < -0.4 is 5.32 Å². The SMILES string of the molecule is C[C@@H](NC(=O)COC(=O)c1ccc(C(=O)c2ccccc2)cc1)c1ccccc1. The van der Waals surface area contributed by atoms with Crippen LogP contribution in [0.25, 0.3) is 0 Å². The quantitative estimate of drug-likeness (QED) is 0.492. The molecular weight excluding hydrogens is 366 g/mol. The summed E-state index contributed by atoms with van der Waals surface area (Å²) in [6, 6.07) is 24.4. The Bertz CT molecular complexity index is 982. The van der Waals surface area contributed by atoms with Gasteiger partial charge in [0.25, 0.3) is 5.91 Å². The minimum absolute atomic E-state index is 0.125. The lowest BCUT2D eigenvalue weighted by molar-refractivity contribution is -0.124. The second-order valence-corrected chi connectivity index (χ2v) is 6.55. The highest BCUT2D eigenvalue weighted by Crippen LogP contribution is 2.13. The number of carbonyl (C=O) groups is 3. The number of ketones is 1. The summed E-state index contributed by atoms with van der Waals surface area (Å²) in [5, 5.41) is 2.78. The van der Waals surface area contributed by atoms with Crippen LogP contribution in [0.3, 0.4) is 0 Å². The average molecular weight is 387 g/mol. The number of rotatable bonds is 7. The van der Waals surface area contributed by atoms with E-state index in [1.54, 1.807) is 36.4 Å². The molecule has 0 radical (unpaired) electrons. The van der Waals surface area contributed by atoms with Crippen molar-refractivity contribution in [1.82, 2.24) is 5.32 Å². The molecule has 1 amide bonds. The van der Waals surface area contributed by atoms with E-state index >= 15 is 0 Å². The zero-order valence-corrected chi connectivity index (χ0v) is 16.0. The molecule has 0 aliphatic carbocycles. The second-order valence-electron chi connectivity index (χ2n) is 6.55. The van der Waals surface area contributed by atoms with Crippen molar-refractivity contribution in [3.05, 3.63) is 107 Å². The highest BCUT2D eigenvalue weighted by molar-refractivity contribution is 6.09. The third-order valence-electron chi connectivity index (χ3n) is 4.43. The Morgan fingerprint density at radius 2 is 1.28 bits per heavy atom. The third-order valence-corrected chi connectivity index (χ3v) is 4.43. The molecule has 0 aliphatic rings. The summed E-state index contributed by atoms with van der Waals surface area (Å²) in [7, 11) is 0. The van der Waals surface area contributed by atoms with Gasteiger partial charge in [0.15, 0.2) is 12.4 Å². The monoisotopic (exact) mass is 387 g/mol. The van der Waals surface area contributed by atoms with Crippen molar-refractivity contribution in [3.63, 3.8) is 0 Å². The minimum Gasteiger partial charge on any atom is -0.452 e. The number of nitrogens with one attached hydrogen (secondary N) is 1. The molecule has 5 nitrogen and oxygen atoms in total. The van der Waals surface area contributed by atoms with Crippen LogP contribution in [0.4, 0.5) is 0 Å². The van der Waals surface area contributed by atoms with Gasteiger partial charge in [0.05, 0.1) is 11.6 Å². The van der Waals surface area contributed by atoms with Crippen LogP contribution in [0, 0.1) is 0 Å². The number of esters is 1. The molecule has 3 rings (SSSR count). The van der Waals surface area contributed by atoms with E-state index in [0.717, 1.165) is 5.56 Å². The third kappa shape index (κ3) is 5.39. The normalized spacial score (nSPS) is 11.3. The maximum absolute atomic E-state index is 12.4. The molecule has 0 spiro atoms. The molecule has 0 saturated heterocycles. The van der Waals surface area contributed by atoms with Crippen LogP contribution in [0.15, 0.2) is 84.9 Å². The van der Waals surface area contributed by atoms with E-state index in [1.165, 1.54) is 12.1 Å². The topological polar surface area (TPSA) is 72.5 Å². The first-order valence-corrected chi connectivity index (χ1v) is 9.26. The molecule has 0 fully saturated rings. The highest BCUT2D eigenvalue weighted by Gasteiger charge is 2.14. The fourth-order valence-electron chi connectivity index (χ4n) is 2.84. The Labute approximate surface area is 169 Å². The standard InChI is InChI=1S/C24H21NO4/c1-17(18-8-4-2-5-9-18)25-22(26)16-29-24(28)21-14-12-20(13-15-21)23(27)19-10-6-3-7-11-19/h2-15,17H,16H2,1H3,(H,25,26)/t17-/m1/s1. The summed E-state index contributed by atoms with van der Waals surface area (Å²) < 4.78 is 5.08. The van der Waals surface area contributed by atoms with Crippen LogP contribution in [0.2, 0.25) is 0 Å². The van der Waals surface area contributed by atoms with E-state index in [1.807, 2.05) is 43.3 Å². The van der Waals surface area contributed by atoms with Gasteiger partial charge in [-0.25, -0.2) is 4.79 Å². The fraction of sp³-hybridized carbons (Fsp3) is 0.125. The molecule has 0 aromatic heterocycles. The van der Waals surface area contributed by atoms with E-state index in [-0.39, 0.29) is 29.9 Å².